The zero-order valence-electron chi connectivity index (χ0n) is 14.8. The van der Waals surface area contributed by atoms with E-state index in [2.05, 4.69) is 0 Å². The van der Waals surface area contributed by atoms with Gasteiger partial charge in [0.1, 0.15) is 0 Å². The number of amides is 2. The molecule has 1 aromatic carbocycles. The Labute approximate surface area is 149 Å². The summed E-state index contributed by atoms with van der Waals surface area (Å²) in [6, 6.07) is 9.89. The number of carbonyl (C=O) groups excluding carboxylic acids is 2. The van der Waals surface area contributed by atoms with Crippen molar-refractivity contribution in [1.82, 2.24) is 9.80 Å². The van der Waals surface area contributed by atoms with Gasteiger partial charge >= 0.3 is 0 Å². The van der Waals surface area contributed by atoms with Crippen molar-refractivity contribution < 1.29 is 14.7 Å². The average Bonchev–Trinajstić information content (AvgIpc) is 3.21. The molecular weight excluding hydrogens is 316 g/mol. The van der Waals surface area contributed by atoms with Gasteiger partial charge in [0.25, 0.3) is 0 Å². The second-order valence-corrected chi connectivity index (χ2v) is 7.40. The third kappa shape index (κ3) is 4.82. The van der Waals surface area contributed by atoms with Gasteiger partial charge in [-0.1, -0.05) is 43.2 Å². The minimum absolute atomic E-state index is 0.0175. The molecule has 1 aliphatic carbocycles. The molecule has 1 N–H and O–H groups in total. The van der Waals surface area contributed by atoms with Crippen molar-refractivity contribution in [3.05, 3.63) is 35.9 Å². The van der Waals surface area contributed by atoms with Crippen LogP contribution < -0.4 is 0 Å². The van der Waals surface area contributed by atoms with Crippen LogP contribution in [0.1, 0.15) is 50.5 Å². The molecule has 1 aliphatic heterocycles. The molecule has 5 heteroatoms. The van der Waals surface area contributed by atoms with Gasteiger partial charge in [-0.25, -0.2) is 0 Å². The lowest BCUT2D eigenvalue weighted by Gasteiger charge is -2.32. The molecule has 1 heterocycles. The van der Waals surface area contributed by atoms with E-state index in [0.717, 1.165) is 44.2 Å². The van der Waals surface area contributed by atoms with Crippen LogP contribution in [0.15, 0.2) is 30.3 Å². The van der Waals surface area contributed by atoms with E-state index >= 15 is 0 Å². The monoisotopic (exact) mass is 344 g/mol. The van der Waals surface area contributed by atoms with Gasteiger partial charge in [-0.3, -0.25) is 9.59 Å². The highest BCUT2D eigenvalue weighted by atomic mass is 16.3. The van der Waals surface area contributed by atoms with Crippen LogP contribution in [0.2, 0.25) is 0 Å². The second-order valence-electron chi connectivity index (χ2n) is 7.40. The molecule has 0 atom stereocenters. The first-order chi connectivity index (χ1) is 12.1. The summed E-state index contributed by atoms with van der Waals surface area (Å²) in [6.07, 6.45) is 5.38. The molecule has 3 rings (SSSR count). The van der Waals surface area contributed by atoms with Crippen molar-refractivity contribution in [2.75, 3.05) is 19.6 Å². The molecule has 0 aromatic heterocycles. The van der Waals surface area contributed by atoms with Crippen molar-refractivity contribution in [3.8, 4) is 0 Å². The summed E-state index contributed by atoms with van der Waals surface area (Å²) in [4.78, 5) is 28.1. The Kier molecular flexibility index (Phi) is 5.74. The molecule has 0 radical (unpaired) electrons. The SMILES string of the molecule is O=C1CCCN1CCC(=O)N(Cc1ccccc1)CC1(O)CCCC1. The number of benzene rings is 1. The van der Waals surface area contributed by atoms with Crippen LogP contribution in [-0.2, 0) is 16.1 Å². The number of nitrogens with zero attached hydrogens (tertiary/aromatic N) is 2. The summed E-state index contributed by atoms with van der Waals surface area (Å²) in [6.45, 7) is 2.14. The molecule has 5 nitrogen and oxygen atoms in total. The third-order valence-electron chi connectivity index (χ3n) is 5.36. The molecular formula is C20H28N2O3. The van der Waals surface area contributed by atoms with E-state index in [1.807, 2.05) is 30.3 Å². The molecule has 25 heavy (non-hydrogen) atoms. The molecule has 1 saturated carbocycles. The van der Waals surface area contributed by atoms with E-state index < -0.39 is 5.60 Å². The first-order valence-corrected chi connectivity index (χ1v) is 9.38. The van der Waals surface area contributed by atoms with E-state index in [1.54, 1.807) is 9.80 Å². The first kappa shape index (κ1) is 17.9. The standard InChI is InChI=1S/C20H28N2O3/c23-18-9-6-13-21(18)14-10-19(24)22(15-17-7-2-1-3-8-17)16-20(25)11-4-5-12-20/h1-3,7-8,25H,4-6,9-16H2. The Morgan fingerprint density at radius 2 is 1.88 bits per heavy atom. The van der Waals surface area contributed by atoms with Crippen molar-refractivity contribution in [2.45, 2.75) is 57.1 Å². The van der Waals surface area contributed by atoms with Gasteiger partial charge in [-0.2, -0.15) is 0 Å². The Balaban J connectivity index is 1.63. The van der Waals surface area contributed by atoms with Crippen LogP contribution in [0.3, 0.4) is 0 Å². The van der Waals surface area contributed by atoms with Gasteiger partial charge in [-0.05, 0) is 24.8 Å². The van der Waals surface area contributed by atoms with Gasteiger partial charge in [0.2, 0.25) is 11.8 Å². The predicted octanol–water partition coefficient (Wildman–Crippen LogP) is 2.33. The Morgan fingerprint density at radius 1 is 1.16 bits per heavy atom. The van der Waals surface area contributed by atoms with Crippen LogP contribution in [0, 0.1) is 0 Å². The highest BCUT2D eigenvalue weighted by Gasteiger charge is 2.34. The summed E-state index contributed by atoms with van der Waals surface area (Å²) in [5, 5.41) is 10.8. The second kappa shape index (κ2) is 8.00. The van der Waals surface area contributed by atoms with E-state index in [-0.39, 0.29) is 11.8 Å². The molecule has 2 aliphatic rings. The zero-order chi connectivity index (χ0) is 17.7. The van der Waals surface area contributed by atoms with E-state index in [0.29, 0.717) is 32.5 Å². The van der Waals surface area contributed by atoms with Crippen molar-refractivity contribution in [1.29, 1.82) is 0 Å². The lowest BCUT2D eigenvalue weighted by Crippen LogP contribution is -2.44. The Morgan fingerprint density at radius 3 is 2.52 bits per heavy atom. The van der Waals surface area contributed by atoms with Crippen molar-refractivity contribution in [3.63, 3.8) is 0 Å². The molecule has 136 valence electrons. The molecule has 1 aromatic rings. The average molecular weight is 344 g/mol. The van der Waals surface area contributed by atoms with Gasteiger partial charge in [0, 0.05) is 39.0 Å². The summed E-state index contributed by atoms with van der Waals surface area (Å²) < 4.78 is 0. The maximum atomic E-state index is 12.8. The smallest absolute Gasteiger partial charge is 0.224 e. The van der Waals surface area contributed by atoms with Gasteiger partial charge in [0.05, 0.1) is 5.60 Å². The fourth-order valence-corrected chi connectivity index (χ4v) is 3.91. The van der Waals surface area contributed by atoms with E-state index in [1.165, 1.54) is 0 Å². The van der Waals surface area contributed by atoms with Crippen LogP contribution in [-0.4, -0.2) is 52.0 Å². The highest BCUT2D eigenvalue weighted by Crippen LogP contribution is 2.30. The van der Waals surface area contributed by atoms with Crippen LogP contribution in [0.25, 0.3) is 0 Å². The van der Waals surface area contributed by atoms with Crippen LogP contribution >= 0.6 is 0 Å². The number of likely N-dealkylation sites (tertiary alicyclic amines) is 1. The number of hydrogen-bond donors (Lipinski definition) is 1. The van der Waals surface area contributed by atoms with Gasteiger partial charge < -0.3 is 14.9 Å². The molecule has 0 spiro atoms. The number of hydrogen-bond acceptors (Lipinski definition) is 3. The minimum Gasteiger partial charge on any atom is -0.388 e. The Bertz CT molecular complexity index is 596. The maximum Gasteiger partial charge on any atom is 0.224 e. The zero-order valence-corrected chi connectivity index (χ0v) is 14.8. The third-order valence-corrected chi connectivity index (χ3v) is 5.36. The molecule has 0 bridgehead atoms. The lowest BCUT2D eigenvalue weighted by molar-refractivity contribution is -0.136. The summed E-state index contributed by atoms with van der Waals surface area (Å²) >= 11 is 0. The maximum absolute atomic E-state index is 12.8. The predicted molar refractivity (Wildman–Crippen MR) is 95.7 cm³/mol. The van der Waals surface area contributed by atoms with Crippen molar-refractivity contribution >= 4 is 11.8 Å². The van der Waals surface area contributed by atoms with Crippen LogP contribution in [0.4, 0.5) is 0 Å². The summed E-state index contributed by atoms with van der Waals surface area (Å²) in [5.41, 5.74) is 0.308. The minimum atomic E-state index is -0.756. The van der Waals surface area contributed by atoms with E-state index in [9.17, 15) is 14.7 Å². The van der Waals surface area contributed by atoms with Crippen LogP contribution in [0.5, 0.6) is 0 Å². The molecule has 0 unspecified atom stereocenters. The topological polar surface area (TPSA) is 60.9 Å². The quantitative estimate of drug-likeness (QED) is 0.826. The Hall–Kier alpha value is -1.88. The van der Waals surface area contributed by atoms with Crippen molar-refractivity contribution in [2.24, 2.45) is 0 Å². The number of aliphatic hydroxyl groups is 1. The fourth-order valence-electron chi connectivity index (χ4n) is 3.91. The molecule has 2 amide bonds. The largest absolute Gasteiger partial charge is 0.388 e. The first-order valence-electron chi connectivity index (χ1n) is 9.38. The highest BCUT2D eigenvalue weighted by molar-refractivity contribution is 5.80. The molecule has 2 fully saturated rings. The van der Waals surface area contributed by atoms with Gasteiger partial charge in [0.15, 0.2) is 0 Å². The van der Waals surface area contributed by atoms with E-state index in [4.69, 9.17) is 0 Å². The van der Waals surface area contributed by atoms with Gasteiger partial charge in [-0.15, -0.1) is 0 Å². The number of carbonyl (C=O) groups is 2. The molecule has 1 saturated heterocycles. The normalized spacial score (nSPS) is 19.4. The fraction of sp³-hybridized carbons (Fsp3) is 0.600. The number of rotatable bonds is 7. The summed E-state index contributed by atoms with van der Waals surface area (Å²) in [7, 11) is 0. The summed E-state index contributed by atoms with van der Waals surface area (Å²) in [5.74, 6) is 0.167. The lowest BCUT2D eigenvalue weighted by atomic mass is 10.0.